The van der Waals surface area contributed by atoms with Crippen LogP contribution in [0.5, 0.6) is 0 Å². The van der Waals surface area contributed by atoms with Crippen molar-refractivity contribution in [3.63, 3.8) is 0 Å². The minimum atomic E-state index is -0.821. The highest BCUT2D eigenvalue weighted by molar-refractivity contribution is 5.71. The maximum atomic E-state index is 12.8. The largest absolute Gasteiger partial charge is 0.462 e. The Hall–Kier alpha value is -4.19. The summed E-state index contributed by atoms with van der Waals surface area (Å²) in [4.78, 5) is 37.9. The van der Waals surface area contributed by atoms with Crippen molar-refractivity contribution in [3.8, 4) is 0 Å². The molecular weight excluding hydrogens is 793 g/mol. The first-order chi connectivity index (χ1) is 31.5. The minimum Gasteiger partial charge on any atom is -0.462 e. The lowest BCUT2D eigenvalue weighted by atomic mass is 10.1. The Morgan fingerprint density at radius 2 is 0.719 bits per heavy atom. The number of rotatable bonds is 44. The fraction of sp³-hybridized carbons (Fsp3) is 0.603. The van der Waals surface area contributed by atoms with Crippen LogP contribution in [0.2, 0.25) is 0 Å². The highest BCUT2D eigenvalue weighted by Crippen LogP contribution is 2.13. The van der Waals surface area contributed by atoms with Gasteiger partial charge in [-0.05, 0) is 103 Å². The third kappa shape index (κ3) is 48.8. The molecule has 64 heavy (non-hydrogen) atoms. The van der Waals surface area contributed by atoms with Gasteiger partial charge in [0.05, 0.1) is 0 Å². The average molecular weight is 885 g/mol. The van der Waals surface area contributed by atoms with E-state index < -0.39 is 6.10 Å². The molecule has 0 spiro atoms. The fourth-order valence-corrected chi connectivity index (χ4v) is 6.46. The molecule has 0 aliphatic heterocycles. The van der Waals surface area contributed by atoms with E-state index in [9.17, 15) is 14.4 Å². The van der Waals surface area contributed by atoms with Gasteiger partial charge in [-0.25, -0.2) is 0 Å². The van der Waals surface area contributed by atoms with Gasteiger partial charge in [0.2, 0.25) is 0 Å². The maximum Gasteiger partial charge on any atom is 0.306 e. The van der Waals surface area contributed by atoms with E-state index in [0.29, 0.717) is 19.3 Å². The number of carbonyl (C=O) groups excluding carboxylic acids is 3. The van der Waals surface area contributed by atoms with E-state index in [2.05, 4.69) is 130 Å². The maximum absolute atomic E-state index is 12.8. The number of unbranched alkanes of at least 4 members (excludes halogenated alkanes) is 15. The van der Waals surface area contributed by atoms with E-state index in [4.69, 9.17) is 14.2 Å². The van der Waals surface area contributed by atoms with Crippen LogP contribution in [-0.2, 0) is 28.6 Å². The lowest BCUT2D eigenvalue weighted by Crippen LogP contribution is -2.30. The second kappa shape index (κ2) is 51.4. The molecule has 0 N–H and O–H groups in total. The van der Waals surface area contributed by atoms with Crippen molar-refractivity contribution in [2.24, 2.45) is 0 Å². The number of ether oxygens (including phenoxy) is 3. The van der Waals surface area contributed by atoms with Crippen molar-refractivity contribution in [2.45, 2.75) is 213 Å². The van der Waals surface area contributed by atoms with Crippen LogP contribution < -0.4 is 0 Å². The standard InChI is InChI=1S/C58H92O6/c1-4-7-10-13-16-19-22-25-27-28-29-30-32-33-36-39-42-45-48-51-57(60)63-54-55(53-62-56(59)50-47-44-41-38-35-24-21-18-15-12-9-6-3)64-58(61)52-49-46-43-40-37-34-31-26-23-20-17-14-11-8-5-2/h7-8,10-11,14,16-21,23,25,27,29-30,33,36,42,45,55H,4-6,9,12-13,15,22,24,26,28,31-32,34-35,37-41,43-44,46-54H2,1-3H3/b10-7-,11-8-,17-14-,19-16-,21-18-,23-20-,27-25-,30-29-,36-33-,45-42-. The van der Waals surface area contributed by atoms with E-state index in [1.807, 2.05) is 12.2 Å². The fourth-order valence-electron chi connectivity index (χ4n) is 6.46. The molecule has 1 unspecified atom stereocenters. The molecule has 0 heterocycles. The van der Waals surface area contributed by atoms with Gasteiger partial charge in [-0.1, -0.05) is 206 Å². The van der Waals surface area contributed by atoms with Gasteiger partial charge in [0.15, 0.2) is 6.10 Å². The number of hydrogen-bond donors (Lipinski definition) is 0. The molecule has 0 aliphatic carbocycles. The quantitative estimate of drug-likeness (QED) is 0.0199. The van der Waals surface area contributed by atoms with Crippen LogP contribution in [0.25, 0.3) is 0 Å². The van der Waals surface area contributed by atoms with Gasteiger partial charge in [-0.3, -0.25) is 14.4 Å². The summed E-state index contributed by atoms with van der Waals surface area (Å²) in [5.74, 6) is -1.03. The zero-order chi connectivity index (χ0) is 46.5. The van der Waals surface area contributed by atoms with Crippen LogP contribution in [0.1, 0.15) is 207 Å². The second-order valence-corrected chi connectivity index (χ2v) is 16.4. The molecule has 0 amide bonds. The van der Waals surface area contributed by atoms with Crippen molar-refractivity contribution in [2.75, 3.05) is 13.2 Å². The number of allylic oxidation sites excluding steroid dienone is 20. The average Bonchev–Trinajstić information content (AvgIpc) is 3.29. The molecule has 0 fully saturated rings. The first-order valence-corrected chi connectivity index (χ1v) is 25.6. The molecule has 6 heteroatoms. The Kier molecular flexibility index (Phi) is 48.1. The van der Waals surface area contributed by atoms with Crippen LogP contribution in [0, 0.1) is 0 Å². The summed E-state index contributed by atoms with van der Waals surface area (Å²) in [7, 11) is 0. The molecule has 0 bridgehead atoms. The van der Waals surface area contributed by atoms with Crippen molar-refractivity contribution in [1.82, 2.24) is 0 Å². The molecule has 0 aromatic carbocycles. The Bertz CT molecular complexity index is 1390. The molecule has 0 radical (unpaired) electrons. The predicted octanol–water partition coefficient (Wildman–Crippen LogP) is 16.9. The Labute approximate surface area is 392 Å². The van der Waals surface area contributed by atoms with Crippen molar-refractivity contribution < 1.29 is 28.6 Å². The number of esters is 3. The lowest BCUT2D eigenvalue weighted by Gasteiger charge is -2.18. The normalized spacial score (nSPS) is 13.1. The van der Waals surface area contributed by atoms with Gasteiger partial charge in [0.1, 0.15) is 13.2 Å². The molecule has 0 aromatic rings. The molecule has 360 valence electrons. The van der Waals surface area contributed by atoms with E-state index in [-0.39, 0.29) is 37.5 Å². The first kappa shape index (κ1) is 59.8. The third-order valence-corrected chi connectivity index (χ3v) is 10.3. The lowest BCUT2D eigenvalue weighted by molar-refractivity contribution is -0.166. The molecular formula is C58H92O6. The van der Waals surface area contributed by atoms with Gasteiger partial charge in [0.25, 0.3) is 0 Å². The van der Waals surface area contributed by atoms with Crippen molar-refractivity contribution in [1.29, 1.82) is 0 Å². The zero-order valence-electron chi connectivity index (χ0n) is 41.0. The number of carbonyl (C=O) groups is 3. The summed E-state index contributed by atoms with van der Waals surface area (Å²) in [6, 6.07) is 0. The summed E-state index contributed by atoms with van der Waals surface area (Å²) in [6.45, 7) is 6.27. The topological polar surface area (TPSA) is 78.9 Å². The SMILES string of the molecule is CC\C=C/C=C\C=C/CCCCCCCCCC(=O)OC(COC(=O)CC/C=C\C/C=C\C/C=C\C/C=C\C/C=C\C/C=C\CC)COC(=O)CCCCCCC/C=C\CCCCC. The summed E-state index contributed by atoms with van der Waals surface area (Å²) in [5.41, 5.74) is 0. The summed E-state index contributed by atoms with van der Waals surface area (Å²) < 4.78 is 16.7. The second-order valence-electron chi connectivity index (χ2n) is 16.4. The molecule has 0 saturated heterocycles. The van der Waals surface area contributed by atoms with E-state index >= 15 is 0 Å². The van der Waals surface area contributed by atoms with Crippen molar-refractivity contribution in [3.05, 3.63) is 122 Å². The molecule has 6 nitrogen and oxygen atoms in total. The summed E-state index contributed by atoms with van der Waals surface area (Å²) in [6.07, 6.45) is 70.5. The highest BCUT2D eigenvalue weighted by Gasteiger charge is 2.19. The molecule has 1 atom stereocenters. The van der Waals surface area contributed by atoms with E-state index in [0.717, 1.165) is 109 Å². The van der Waals surface area contributed by atoms with E-state index in [1.54, 1.807) is 0 Å². The summed E-state index contributed by atoms with van der Waals surface area (Å²) >= 11 is 0. The van der Waals surface area contributed by atoms with Crippen LogP contribution in [0.3, 0.4) is 0 Å². The molecule has 0 saturated carbocycles. The van der Waals surface area contributed by atoms with Gasteiger partial charge in [-0.15, -0.1) is 0 Å². The van der Waals surface area contributed by atoms with E-state index in [1.165, 1.54) is 51.4 Å². The van der Waals surface area contributed by atoms with Crippen LogP contribution >= 0.6 is 0 Å². The van der Waals surface area contributed by atoms with Gasteiger partial charge >= 0.3 is 17.9 Å². The Balaban J connectivity index is 4.54. The number of hydrogen-bond acceptors (Lipinski definition) is 6. The highest BCUT2D eigenvalue weighted by atomic mass is 16.6. The third-order valence-electron chi connectivity index (χ3n) is 10.3. The molecule has 0 aromatic heterocycles. The van der Waals surface area contributed by atoms with Crippen LogP contribution in [0.4, 0.5) is 0 Å². The monoisotopic (exact) mass is 885 g/mol. The van der Waals surface area contributed by atoms with Gasteiger partial charge < -0.3 is 14.2 Å². The predicted molar refractivity (Wildman–Crippen MR) is 274 cm³/mol. The Morgan fingerprint density at radius 3 is 1.22 bits per heavy atom. The minimum absolute atomic E-state index is 0.114. The van der Waals surface area contributed by atoms with Crippen LogP contribution in [-0.4, -0.2) is 37.2 Å². The van der Waals surface area contributed by atoms with Gasteiger partial charge in [0, 0.05) is 19.3 Å². The van der Waals surface area contributed by atoms with Crippen molar-refractivity contribution >= 4 is 17.9 Å². The zero-order valence-corrected chi connectivity index (χ0v) is 41.0. The van der Waals surface area contributed by atoms with Gasteiger partial charge in [-0.2, -0.15) is 0 Å². The smallest absolute Gasteiger partial charge is 0.306 e. The first-order valence-electron chi connectivity index (χ1n) is 25.6. The molecule has 0 rings (SSSR count). The molecule has 0 aliphatic rings. The summed E-state index contributed by atoms with van der Waals surface area (Å²) in [5, 5.41) is 0. The van der Waals surface area contributed by atoms with Crippen LogP contribution in [0.15, 0.2) is 122 Å². The Morgan fingerprint density at radius 1 is 0.344 bits per heavy atom.